The van der Waals surface area contributed by atoms with Gasteiger partial charge in [0.1, 0.15) is 6.33 Å². The minimum Gasteiger partial charge on any atom is -0.321 e. The Kier molecular flexibility index (Phi) is 3.47. The molecule has 6 heteroatoms. The molecule has 0 fully saturated rings. The molecule has 0 aliphatic rings. The van der Waals surface area contributed by atoms with Crippen molar-refractivity contribution in [2.75, 3.05) is 5.32 Å². The second-order valence-corrected chi connectivity index (χ2v) is 5.70. The van der Waals surface area contributed by atoms with Crippen molar-refractivity contribution < 1.29 is 4.79 Å². The van der Waals surface area contributed by atoms with Crippen LogP contribution >= 0.6 is 15.9 Å². The van der Waals surface area contributed by atoms with Gasteiger partial charge in [0.15, 0.2) is 5.65 Å². The lowest BCUT2D eigenvalue weighted by molar-refractivity contribution is 0.102. The number of nitrogens with one attached hydrogen (secondary N) is 1. The average Bonchev–Trinajstić information content (AvgIpc) is 2.90. The molecule has 0 unspecified atom stereocenters. The first-order valence-corrected chi connectivity index (χ1v) is 7.21. The number of fused-ring (bicyclic) bond motifs is 1. The first-order chi connectivity index (χ1) is 10.0. The number of benzene rings is 1. The molecule has 1 N–H and O–H groups in total. The summed E-state index contributed by atoms with van der Waals surface area (Å²) >= 11 is 3.48. The number of carbonyl (C=O) groups excluding carboxylic acids is 1. The van der Waals surface area contributed by atoms with E-state index in [1.54, 1.807) is 29.1 Å². The van der Waals surface area contributed by atoms with Crippen LogP contribution in [0.4, 0.5) is 5.69 Å². The van der Waals surface area contributed by atoms with E-state index in [-0.39, 0.29) is 5.91 Å². The molecular weight excluding hydrogens is 332 g/mol. The number of rotatable bonds is 2. The molecule has 0 saturated carbocycles. The van der Waals surface area contributed by atoms with Gasteiger partial charge in [-0.15, -0.1) is 10.2 Å². The molecular formula is C15H13BrN4O. The number of anilines is 1. The summed E-state index contributed by atoms with van der Waals surface area (Å²) in [6, 6.07) is 7.51. The second-order valence-electron chi connectivity index (χ2n) is 4.91. The van der Waals surface area contributed by atoms with Crippen molar-refractivity contribution >= 4 is 33.2 Å². The van der Waals surface area contributed by atoms with Crippen LogP contribution in [-0.2, 0) is 0 Å². The van der Waals surface area contributed by atoms with E-state index in [2.05, 4.69) is 31.4 Å². The van der Waals surface area contributed by atoms with Gasteiger partial charge in [0.25, 0.3) is 5.91 Å². The summed E-state index contributed by atoms with van der Waals surface area (Å²) < 4.78 is 2.57. The Morgan fingerprint density at radius 1 is 1.29 bits per heavy atom. The molecule has 0 spiro atoms. The molecule has 3 aromatic rings. The van der Waals surface area contributed by atoms with Gasteiger partial charge in [-0.3, -0.25) is 9.20 Å². The fourth-order valence-corrected chi connectivity index (χ4v) is 2.62. The number of amides is 1. The zero-order valence-corrected chi connectivity index (χ0v) is 13.2. The smallest absolute Gasteiger partial charge is 0.256 e. The van der Waals surface area contributed by atoms with Crippen molar-refractivity contribution in [3.8, 4) is 0 Å². The lowest BCUT2D eigenvalue weighted by Crippen LogP contribution is -2.13. The second kappa shape index (κ2) is 5.29. The number of hydrogen-bond donors (Lipinski definition) is 1. The van der Waals surface area contributed by atoms with Crippen LogP contribution in [0.5, 0.6) is 0 Å². The largest absolute Gasteiger partial charge is 0.321 e. The summed E-state index contributed by atoms with van der Waals surface area (Å²) in [5.74, 6) is -0.152. The van der Waals surface area contributed by atoms with Crippen LogP contribution in [0.2, 0.25) is 0 Å². The molecule has 0 aliphatic heterocycles. The van der Waals surface area contributed by atoms with Crippen LogP contribution in [-0.4, -0.2) is 20.5 Å². The van der Waals surface area contributed by atoms with E-state index in [9.17, 15) is 4.79 Å². The van der Waals surface area contributed by atoms with E-state index < -0.39 is 0 Å². The molecule has 0 radical (unpaired) electrons. The molecule has 0 aliphatic carbocycles. The Balaban J connectivity index is 1.92. The topological polar surface area (TPSA) is 59.3 Å². The molecule has 5 nitrogen and oxygen atoms in total. The zero-order chi connectivity index (χ0) is 15.0. The first kappa shape index (κ1) is 13.8. The summed E-state index contributed by atoms with van der Waals surface area (Å²) in [5.41, 5.74) is 4.14. The minimum absolute atomic E-state index is 0.152. The summed E-state index contributed by atoms with van der Waals surface area (Å²) in [7, 11) is 0. The van der Waals surface area contributed by atoms with Gasteiger partial charge in [0.2, 0.25) is 0 Å². The maximum Gasteiger partial charge on any atom is 0.256 e. The van der Waals surface area contributed by atoms with Gasteiger partial charge in [-0.25, -0.2) is 0 Å². The van der Waals surface area contributed by atoms with Crippen molar-refractivity contribution in [1.82, 2.24) is 14.6 Å². The van der Waals surface area contributed by atoms with Crippen LogP contribution in [0.15, 0.2) is 41.3 Å². The van der Waals surface area contributed by atoms with Crippen molar-refractivity contribution in [3.63, 3.8) is 0 Å². The highest BCUT2D eigenvalue weighted by molar-refractivity contribution is 9.10. The molecule has 0 bridgehead atoms. The van der Waals surface area contributed by atoms with Crippen molar-refractivity contribution in [3.05, 3.63) is 58.0 Å². The predicted octanol–water partition coefficient (Wildman–Crippen LogP) is 3.36. The van der Waals surface area contributed by atoms with E-state index in [4.69, 9.17) is 0 Å². The Morgan fingerprint density at radius 2 is 2.10 bits per heavy atom. The summed E-state index contributed by atoms with van der Waals surface area (Å²) in [4.78, 5) is 12.4. The van der Waals surface area contributed by atoms with Gasteiger partial charge in [-0.05, 0) is 59.1 Å². The van der Waals surface area contributed by atoms with Crippen LogP contribution in [0.25, 0.3) is 5.65 Å². The monoisotopic (exact) mass is 344 g/mol. The first-order valence-electron chi connectivity index (χ1n) is 6.42. The summed E-state index contributed by atoms with van der Waals surface area (Å²) in [6.07, 6.45) is 3.38. The summed E-state index contributed by atoms with van der Waals surface area (Å²) in [6.45, 7) is 3.94. The van der Waals surface area contributed by atoms with E-state index in [0.29, 0.717) is 11.3 Å². The lowest BCUT2D eigenvalue weighted by Gasteiger charge is -2.10. The number of aromatic nitrogens is 3. The molecule has 1 amide bonds. The number of pyridine rings is 1. The van der Waals surface area contributed by atoms with Gasteiger partial charge in [0, 0.05) is 10.7 Å². The van der Waals surface area contributed by atoms with Gasteiger partial charge < -0.3 is 5.32 Å². The van der Waals surface area contributed by atoms with Gasteiger partial charge >= 0.3 is 0 Å². The number of aryl methyl sites for hydroxylation is 2. The fraction of sp³-hybridized carbons (Fsp3) is 0.133. The highest BCUT2D eigenvalue weighted by Crippen LogP contribution is 2.24. The Hall–Kier alpha value is -2.21. The summed E-state index contributed by atoms with van der Waals surface area (Å²) in [5, 5.41) is 10.6. The Morgan fingerprint density at radius 3 is 2.90 bits per heavy atom. The van der Waals surface area contributed by atoms with Crippen molar-refractivity contribution in [1.29, 1.82) is 0 Å². The minimum atomic E-state index is -0.152. The Labute approximate surface area is 130 Å². The predicted molar refractivity (Wildman–Crippen MR) is 84.6 cm³/mol. The van der Waals surface area contributed by atoms with Crippen molar-refractivity contribution in [2.45, 2.75) is 13.8 Å². The normalized spacial score (nSPS) is 10.8. The van der Waals surface area contributed by atoms with Crippen LogP contribution in [0.3, 0.4) is 0 Å². The third-order valence-electron chi connectivity index (χ3n) is 3.19. The highest BCUT2D eigenvalue weighted by atomic mass is 79.9. The average molecular weight is 345 g/mol. The number of nitrogens with zero attached hydrogens (tertiary/aromatic N) is 3. The maximum absolute atomic E-state index is 12.4. The maximum atomic E-state index is 12.4. The molecule has 2 aromatic heterocycles. The molecule has 2 heterocycles. The SMILES string of the molecule is Cc1cc(C)c(Br)c(C(=O)Nc2ccc3nncn3c2)c1. The third-order valence-corrected chi connectivity index (χ3v) is 4.24. The molecule has 21 heavy (non-hydrogen) atoms. The molecule has 1 aromatic carbocycles. The van der Waals surface area contributed by atoms with Crippen LogP contribution in [0.1, 0.15) is 21.5 Å². The number of hydrogen-bond acceptors (Lipinski definition) is 3. The fourth-order valence-electron chi connectivity index (χ4n) is 2.22. The molecule has 3 rings (SSSR count). The van der Waals surface area contributed by atoms with E-state index in [1.807, 2.05) is 26.0 Å². The van der Waals surface area contributed by atoms with E-state index in [0.717, 1.165) is 21.2 Å². The standard InChI is InChI=1S/C15H13BrN4O/c1-9-5-10(2)14(16)12(6-9)15(21)18-11-3-4-13-19-17-8-20(13)7-11/h3-8H,1-2H3,(H,18,21). The van der Waals surface area contributed by atoms with Gasteiger partial charge in [-0.1, -0.05) is 6.07 Å². The van der Waals surface area contributed by atoms with Crippen LogP contribution in [0, 0.1) is 13.8 Å². The quantitative estimate of drug-likeness (QED) is 0.775. The molecule has 0 saturated heterocycles. The highest BCUT2D eigenvalue weighted by Gasteiger charge is 2.13. The zero-order valence-electron chi connectivity index (χ0n) is 11.6. The van der Waals surface area contributed by atoms with E-state index >= 15 is 0 Å². The Bertz CT molecular complexity index is 841. The van der Waals surface area contributed by atoms with Gasteiger partial charge in [0.05, 0.1) is 11.3 Å². The molecule has 106 valence electrons. The van der Waals surface area contributed by atoms with Crippen LogP contribution < -0.4 is 5.32 Å². The number of halogens is 1. The van der Waals surface area contributed by atoms with E-state index in [1.165, 1.54) is 0 Å². The molecule has 0 atom stereocenters. The third kappa shape index (κ3) is 2.67. The van der Waals surface area contributed by atoms with Gasteiger partial charge in [-0.2, -0.15) is 0 Å². The lowest BCUT2D eigenvalue weighted by atomic mass is 10.1. The number of carbonyl (C=O) groups is 1. The van der Waals surface area contributed by atoms with Crippen molar-refractivity contribution in [2.24, 2.45) is 0 Å².